The number of methoxy groups -OCH3 is 1. The van der Waals surface area contributed by atoms with Gasteiger partial charge in [-0.25, -0.2) is 8.42 Å². The first-order valence-corrected chi connectivity index (χ1v) is 11.9. The number of ether oxygens (including phenoxy) is 1. The molecule has 3 rings (SSSR count). The lowest BCUT2D eigenvalue weighted by atomic mass is 10.0. The molecule has 2 heterocycles. The van der Waals surface area contributed by atoms with Crippen molar-refractivity contribution in [3.63, 3.8) is 0 Å². The predicted molar refractivity (Wildman–Crippen MR) is 115 cm³/mol. The molecule has 1 aromatic heterocycles. The summed E-state index contributed by atoms with van der Waals surface area (Å²) in [6.07, 6.45) is 0. The predicted octanol–water partition coefficient (Wildman–Crippen LogP) is 2.41. The van der Waals surface area contributed by atoms with Crippen molar-refractivity contribution in [3.8, 4) is 5.75 Å². The zero-order valence-corrected chi connectivity index (χ0v) is 18.5. The van der Waals surface area contributed by atoms with E-state index in [1.54, 1.807) is 29.5 Å². The Morgan fingerprint density at radius 2 is 1.76 bits per heavy atom. The monoisotopic (exact) mass is 437 g/mol. The Bertz CT molecular complexity index is 904. The molecular weight excluding hydrogens is 410 g/mol. The van der Waals surface area contributed by atoms with Gasteiger partial charge in [-0.2, -0.15) is 4.72 Å². The van der Waals surface area contributed by atoms with Gasteiger partial charge >= 0.3 is 0 Å². The summed E-state index contributed by atoms with van der Waals surface area (Å²) in [4.78, 5) is 17.0. The number of thiophene rings is 1. The second-order valence-corrected chi connectivity index (χ2v) is 10.2. The van der Waals surface area contributed by atoms with Gasteiger partial charge in [-0.15, -0.1) is 11.3 Å². The van der Waals surface area contributed by atoms with E-state index in [9.17, 15) is 13.2 Å². The Morgan fingerprint density at radius 1 is 1.10 bits per heavy atom. The van der Waals surface area contributed by atoms with E-state index in [-0.39, 0.29) is 16.0 Å². The molecule has 7 nitrogen and oxygen atoms in total. The molecule has 2 aromatic rings. The third-order valence-corrected chi connectivity index (χ3v) is 7.84. The number of sulfonamides is 1. The van der Waals surface area contributed by atoms with Crippen LogP contribution < -0.4 is 14.4 Å². The van der Waals surface area contributed by atoms with Crippen molar-refractivity contribution in [2.75, 3.05) is 38.2 Å². The average molecular weight is 438 g/mol. The summed E-state index contributed by atoms with van der Waals surface area (Å²) in [5.74, 6) is 0.478. The Kier molecular flexibility index (Phi) is 6.81. The summed E-state index contributed by atoms with van der Waals surface area (Å²) < 4.78 is 33.2. The highest BCUT2D eigenvalue weighted by atomic mass is 32.2. The second-order valence-electron chi connectivity index (χ2n) is 7.29. The van der Waals surface area contributed by atoms with Crippen LogP contribution in [0.5, 0.6) is 5.75 Å². The molecule has 1 aromatic carbocycles. The van der Waals surface area contributed by atoms with Gasteiger partial charge in [0.05, 0.1) is 7.11 Å². The molecule has 0 saturated carbocycles. The highest BCUT2D eigenvalue weighted by Crippen LogP contribution is 2.22. The zero-order chi connectivity index (χ0) is 21.0. The van der Waals surface area contributed by atoms with Gasteiger partial charge in [-0.05, 0) is 41.6 Å². The fourth-order valence-electron chi connectivity index (χ4n) is 3.29. The number of anilines is 1. The molecule has 0 unspecified atom stereocenters. The van der Waals surface area contributed by atoms with Crippen LogP contribution in [0.4, 0.5) is 5.69 Å². The van der Waals surface area contributed by atoms with E-state index in [0.29, 0.717) is 26.2 Å². The first-order chi connectivity index (χ1) is 13.8. The third kappa shape index (κ3) is 5.09. The molecule has 9 heteroatoms. The molecule has 1 fully saturated rings. The quantitative estimate of drug-likeness (QED) is 0.720. The number of nitrogens with zero attached hydrogens (tertiary/aromatic N) is 2. The first-order valence-electron chi connectivity index (χ1n) is 9.55. The lowest BCUT2D eigenvalue weighted by Gasteiger charge is -2.38. The van der Waals surface area contributed by atoms with Gasteiger partial charge in [0.1, 0.15) is 16.0 Å². The van der Waals surface area contributed by atoms with Crippen LogP contribution in [0, 0.1) is 5.92 Å². The Balaban J connectivity index is 1.64. The molecule has 1 atom stereocenters. The lowest BCUT2D eigenvalue weighted by molar-refractivity contribution is -0.134. The van der Waals surface area contributed by atoms with Gasteiger partial charge in [-0.1, -0.05) is 19.9 Å². The van der Waals surface area contributed by atoms with E-state index >= 15 is 0 Å². The molecule has 0 spiro atoms. The number of benzene rings is 1. The fraction of sp³-hybridized carbons (Fsp3) is 0.450. The summed E-state index contributed by atoms with van der Waals surface area (Å²) in [6, 6.07) is 10.3. The Hall–Kier alpha value is -2.10. The summed E-state index contributed by atoms with van der Waals surface area (Å²) in [7, 11) is -2.07. The maximum Gasteiger partial charge on any atom is 0.250 e. The van der Waals surface area contributed by atoms with Gasteiger partial charge in [0.15, 0.2) is 0 Å². The minimum Gasteiger partial charge on any atom is -0.497 e. The van der Waals surface area contributed by atoms with Crippen LogP contribution in [0.3, 0.4) is 0 Å². The van der Waals surface area contributed by atoms with Crippen LogP contribution in [-0.2, 0) is 14.8 Å². The van der Waals surface area contributed by atoms with Gasteiger partial charge in [0, 0.05) is 31.9 Å². The first kappa shape index (κ1) is 21.6. The van der Waals surface area contributed by atoms with Gasteiger partial charge in [0.25, 0.3) is 10.0 Å². The van der Waals surface area contributed by atoms with Crippen LogP contribution in [0.15, 0.2) is 46.0 Å². The average Bonchev–Trinajstić information content (AvgIpc) is 3.28. The topological polar surface area (TPSA) is 79.0 Å². The van der Waals surface area contributed by atoms with E-state index in [1.807, 2.05) is 38.1 Å². The lowest BCUT2D eigenvalue weighted by Crippen LogP contribution is -2.56. The highest BCUT2D eigenvalue weighted by molar-refractivity contribution is 7.91. The van der Waals surface area contributed by atoms with Crippen LogP contribution in [0.2, 0.25) is 0 Å². The van der Waals surface area contributed by atoms with Crippen molar-refractivity contribution in [2.24, 2.45) is 5.92 Å². The molecule has 1 aliphatic rings. The number of nitrogens with one attached hydrogen (secondary N) is 1. The SMILES string of the molecule is COc1ccc(N2CCN(C(=O)[C@@H](NS(=O)(=O)c3cccs3)C(C)C)CC2)cc1. The molecule has 0 bridgehead atoms. The minimum atomic E-state index is -3.71. The van der Waals surface area contributed by atoms with Crippen LogP contribution in [0.1, 0.15) is 13.8 Å². The van der Waals surface area contributed by atoms with Crippen LogP contribution >= 0.6 is 11.3 Å². The minimum absolute atomic E-state index is 0.156. The van der Waals surface area contributed by atoms with E-state index in [2.05, 4.69) is 9.62 Å². The van der Waals surface area contributed by atoms with Crippen molar-refractivity contribution >= 4 is 33.0 Å². The number of rotatable bonds is 7. The smallest absolute Gasteiger partial charge is 0.250 e. The third-order valence-electron chi connectivity index (χ3n) is 5.00. The standard InChI is InChI=1S/C20H27N3O4S2/c1-15(2)19(21-29(25,26)18-5-4-14-28-18)20(24)23-12-10-22(11-13-23)16-6-8-17(27-3)9-7-16/h4-9,14-15,19,21H,10-13H2,1-3H3/t19-/m0/s1. The summed E-state index contributed by atoms with van der Waals surface area (Å²) in [5.41, 5.74) is 1.08. The summed E-state index contributed by atoms with van der Waals surface area (Å²) in [5, 5.41) is 1.71. The van der Waals surface area contributed by atoms with Crippen LogP contribution in [0.25, 0.3) is 0 Å². The van der Waals surface area contributed by atoms with E-state index < -0.39 is 16.1 Å². The van der Waals surface area contributed by atoms with Gasteiger partial charge in [-0.3, -0.25) is 4.79 Å². The Morgan fingerprint density at radius 3 is 2.28 bits per heavy atom. The maximum atomic E-state index is 13.1. The largest absolute Gasteiger partial charge is 0.497 e. The molecule has 1 aliphatic heterocycles. The molecule has 0 radical (unpaired) electrons. The van der Waals surface area contributed by atoms with Crippen LogP contribution in [-0.4, -0.2) is 58.6 Å². The maximum absolute atomic E-state index is 13.1. The number of carbonyl (C=O) groups excluding carboxylic acids is 1. The van der Waals surface area contributed by atoms with Crippen molar-refractivity contribution < 1.29 is 17.9 Å². The number of hydrogen-bond donors (Lipinski definition) is 1. The van der Waals surface area contributed by atoms with E-state index in [4.69, 9.17) is 4.74 Å². The molecular formula is C20H27N3O4S2. The van der Waals surface area contributed by atoms with Gasteiger partial charge < -0.3 is 14.5 Å². The van der Waals surface area contributed by atoms with E-state index in [1.165, 1.54) is 0 Å². The second kappa shape index (κ2) is 9.15. The molecule has 0 aliphatic carbocycles. The number of carbonyl (C=O) groups is 1. The molecule has 29 heavy (non-hydrogen) atoms. The molecule has 1 N–H and O–H groups in total. The zero-order valence-electron chi connectivity index (χ0n) is 16.9. The number of amides is 1. The van der Waals surface area contributed by atoms with Crippen molar-refractivity contribution in [3.05, 3.63) is 41.8 Å². The van der Waals surface area contributed by atoms with Crippen molar-refractivity contribution in [1.29, 1.82) is 0 Å². The number of piperazine rings is 1. The van der Waals surface area contributed by atoms with Crippen molar-refractivity contribution in [2.45, 2.75) is 24.1 Å². The summed E-state index contributed by atoms with van der Waals surface area (Å²) in [6.45, 7) is 6.20. The number of hydrogen-bond acceptors (Lipinski definition) is 6. The van der Waals surface area contributed by atoms with Crippen molar-refractivity contribution in [1.82, 2.24) is 9.62 Å². The normalized spacial score (nSPS) is 16.1. The molecule has 1 amide bonds. The van der Waals surface area contributed by atoms with Gasteiger partial charge in [0.2, 0.25) is 5.91 Å². The molecule has 1 saturated heterocycles. The summed E-state index contributed by atoms with van der Waals surface area (Å²) >= 11 is 1.14. The molecule has 158 valence electrons. The fourth-order valence-corrected chi connectivity index (χ4v) is 5.64. The highest BCUT2D eigenvalue weighted by Gasteiger charge is 2.33. The van der Waals surface area contributed by atoms with E-state index in [0.717, 1.165) is 22.8 Å². The Labute approximate surface area is 176 Å².